The Bertz CT molecular complexity index is 295. The van der Waals surface area contributed by atoms with Gasteiger partial charge in [0.1, 0.15) is 0 Å². The summed E-state index contributed by atoms with van der Waals surface area (Å²) in [6, 6.07) is 5.28. The van der Waals surface area contributed by atoms with Crippen molar-refractivity contribution < 1.29 is 0 Å². The van der Waals surface area contributed by atoms with Crippen molar-refractivity contribution in [2.24, 2.45) is 5.73 Å². The molecule has 0 aliphatic heterocycles. The predicted octanol–water partition coefficient (Wildman–Crippen LogP) is 2.55. The lowest BCUT2D eigenvalue weighted by atomic mass is 9.90. The highest BCUT2D eigenvalue weighted by Crippen LogP contribution is 2.29. The molecule has 1 heterocycles. The molecule has 1 aliphatic rings. The quantitative estimate of drug-likeness (QED) is 0.728. The molecule has 1 aromatic heterocycles. The second-order valence-electron chi connectivity index (χ2n) is 4.50. The Hall–Kier alpha value is -0.760. The average molecular weight is 192 g/mol. The molecule has 14 heavy (non-hydrogen) atoms. The van der Waals surface area contributed by atoms with Crippen LogP contribution < -0.4 is 5.73 Å². The highest BCUT2D eigenvalue weighted by Gasteiger charge is 2.24. The first-order valence-electron chi connectivity index (χ1n) is 5.60. The number of rotatable bonds is 1. The third-order valence-corrected chi connectivity index (χ3v) is 3.44. The van der Waals surface area contributed by atoms with Gasteiger partial charge in [-0.15, -0.1) is 0 Å². The van der Waals surface area contributed by atoms with Gasteiger partial charge in [-0.3, -0.25) is 0 Å². The number of nitrogens with two attached hydrogens (primary N) is 1. The van der Waals surface area contributed by atoms with Crippen molar-refractivity contribution in [1.29, 1.82) is 0 Å². The van der Waals surface area contributed by atoms with Crippen LogP contribution in [0.15, 0.2) is 12.1 Å². The normalized spacial score (nSPS) is 27.9. The van der Waals surface area contributed by atoms with E-state index in [1.807, 2.05) is 0 Å². The summed E-state index contributed by atoms with van der Waals surface area (Å²) in [5.74, 6) is 0. The van der Waals surface area contributed by atoms with E-state index in [2.05, 4.69) is 30.5 Å². The van der Waals surface area contributed by atoms with Crippen LogP contribution in [-0.4, -0.2) is 10.6 Å². The molecule has 0 amide bonds. The third-order valence-electron chi connectivity index (χ3n) is 3.44. The second-order valence-corrected chi connectivity index (χ2v) is 4.50. The molecule has 0 spiro atoms. The van der Waals surface area contributed by atoms with Gasteiger partial charge in [0.05, 0.1) is 0 Å². The van der Waals surface area contributed by atoms with E-state index >= 15 is 0 Å². The summed E-state index contributed by atoms with van der Waals surface area (Å²) >= 11 is 0. The van der Waals surface area contributed by atoms with Gasteiger partial charge in [-0.25, -0.2) is 0 Å². The summed E-state index contributed by atoms with van der Waals surface area (Å²) in [7, 11) is 0. The Morgan fingerprint density at radius 2 is 1.71 bits per heavy atom. The molecule has 0 radical (unpaired) electrons. The summed E-state index contributed by atoms with van der Waals surface area (Å²) in [5, 5.41) is 0. The molecule has 2 N–H and O–H groups in total. The van der Waals surface area contributed by atoms with Gasteiger partial charge in [0.15, 0.2) is 0 Å². The fourth-order valence-electron chi connectivity index (χ4n) is 2.66. The first-order valence-corrected chi connectivity index (χ1v) is 5.60. The molecule has 0 aromatic carbocycles. The van der Waals surface area contributed by atoms with E-state index in [1.165, 1.54) is 37.1 Å². The summed E-state index contributed by atoms with van der Waals surface area (Å²) in [6.45, 7) is 4.35. The minimum absolute atomic E-state index is 0.355. The van der Waals surface area contributed by atoms with Crippen molar-refractivity contribution in [2.45, 2.75) is 51.6 Å². The van der Waals surface area contributed by atoms with Crippen molar-refractivity contribution in [1.82, 2.24) is 4.57 Å². The largest absolute Gasteiger partial charge is 0.345 e. The molecule has 78 valence electrons. The van der Waals surface area contributed by atoms with Gasteiger partial charge in [-0.1, -0.05) is 12.8 Å². The molecule has 1 aliphatic carbocycles. The number of aryl methyl sites for hydroxylation is 2. The molecule has 1 fully saturated rings. The first-order chi connectivity index (χ1) is 6.70. The van der Waals surface area contributed by atoms with Crippen molar-refractivity contribution in [2.75, 3.05) is 0 Å². The lowest BCUT2D eigenvalue weighted by Crippen LogP contribution is -2.35. The first kappa shape index (κ1) is 9.78. The van der Waals surface area contributed by atoms with E-state index in [-0.39, 0.29) is 0 Å². The SMILES string of the molecule is Cc1ccc(C)n1[C@@H]1CCCC[C@H]1N. The fraction of sp³-hybridized carbons (Fsp3) is 0.667. The molecule has 0 bridgehead atoms. The molecule has 2 atom stereocenters. The Morgan fingerprint density at radius 3 is 2.29 bits per heavy atom. The van der Waals surface area contributed by atoms with Crippen molar-refractivity contribution in [3.05, 3.63) is 23.5 Å². The zero-order valence-electron chi connectivity index (χ0n) is 9.16. The van der Waals surface area contributed by atoms with E-state index in [0.29, 0.717) is 12.1 Å². The van der Waals surface area contributed by atoms with Gasteiger partial charge < -0.3 is 10.3 Å². The summed E-state index contributed by atoms with van der Waals surface area (Å²) in [5.41, 5.74) is 8.89. The molecular formula is C12H20N2. The number of hydrogen-bond acceptors (Lipinski definition) is 1. The zero-order chi connectivity index (χ0) is 10.1. The number of nitrogens with zero attached hydrogens (tertiary/aromatic N) is 1. The van der Waals surface area contributed by atoms with E-state index < -0.39 is 0 Å². The summed E-state index contributed by atoms with van der Waals surface area (Å²) in [6.07, 6.45) is 5.06. The van der Waals surface area contributed by atoms with Crippen LogP contribution in [0.25, 0.3) is 0 Å². The maximum atomic E-state index is 6.19. The highest BCUT2D eigenvalue weighted by atomic mass is 15.1. The van der Waals surface area contributed by atoms with Gasteiger partial charge >= 0.3 is 0 Å². The Morgan fingerprint density at radius 1 is 1.14 bits per heavy atom. The monoisotopic (exact) mass is 192 g/mol. The van der Waals surface area contributed by atoms with E-state index in [4.69, 9.17) is 5.73 Å². The third kappa shape index (κ3) is 1.59. The minimum atomic E-state index is 0.355. The average Bonchev–Trinajstić information content (AvgIpc) is 2.48. The van der Waals surface area contributed by atoms with Gasteiger partial charge in [0.2, 0.25) is 0 Å². The van der Waals surface area contributed by atoms with Crippen LogP contribution in [-0.2, 0) is 0 Å². The van der Waals surface area contributed by atoms with Crippen molar-refractivity contribution in [3.8, 4) is 0 Å². The lowest BCUT2D eigenvalue weighted by Gasteiger charge is -2.32. The smallest absolute Gasteiger partial charge is 0.0486 e. The minimum Gasteiger partial charge on any atom is -0.345 e. The predicted molar refractivity (Wildman–Crippen MR) is 59.4 cm³/mol. The maximum Gasteiger partial charge on any atom is 0.0486 e. The van der Waals surface area contributed by atoms with Crippen LogP contribution in [0.2, 0.25) is 0 Å². The van der Waals surface area contributed by atoms with Gasteiger partial charge in [-0.05, 0) is 38.8 Å². The molecule has 2 nitrogen and oxygen atoms in total. The van der Waals surface area contributed by atoms with Crippen LogP contribution in [0.4, 0.5) is 0 Å². The molecule has 0 unspecified atom stereocenters. The molecular weight excluding hydrogens is 172 g/mol. The standard InChI is InChI=1S/C12H20N2/c1-9-7-8-10(2)14(9)12-6-4-3-5-11(12)13/h7-8,11-12H,3-6,13H2,1-2H3/t11-,12-/m1/s1. The van der Waals surface area contributed by atoms with Gasteiger partial charge in [0, 0.05) is 23.5 Å². The van der Waals surface area contributed by atoms with Crippen LogP contribution in [0.1, 0.15) is 43.1 Å². The van der Waals surface area contributed by atoms with Crippen LogP contribution in [0.3, 0.4) is 0 Å². The molecule has 2 rings (SSSR count). The topological polar surface area (TPSA) is 30.9 Å². The Labute approximate surface area is 86.1 Å². The van der Waals surface area contributed by atoms with E-state index in [0.717, 1.165) is 0 Å². The highest BCUT2D eigenvalue weighted by molar-refractivity contribution is 5.16. The number of aromatic nitrogens is 1. The lowest BCUT2D eigenvalue weighted by molar-refractivity contribution is 0.300. The fourth-order valence-corrected chi connectivity index (χ4v) is 2.66. The van der Waals surface area contributed by atoms with Crippen LogP contribution in [0.5, 0.6) is 0 Å². The van der Waals surface area contributed by atoms with Gasteiger partial charge in [0.25, 0.3) is 0 Å². The van der Waals surface area contributed by atoms with Crippen molar-refractivity contribution in [3.63, 3.8) is 0 Å². The zero-order valence-corrected chi connectivity index (χ0v) is 9.16. The van der Waals surface area contributed by atoms with E-state index in [1.54, 1.807) is 0 Å². The molecule has 1 aromatic rings. The molecule has 0 saturated heterocycles. The maximum absolute atomic E-state index is 6.19. The second kappa shape index (κ2) is 3.77. The Kier molecular flexibility index (Phi) is 2.64. The Balaban J connectivity index is 2.28. The van der Waals surface area contributed by atoms with Crippen molar-refractivity contribution >= 4 is 0 Å². The summed E-state index contributed by atoms with van der Waals surface area (Å²) in [4.78, 5) is 0. The molecule has 1 saturated carbocycles. The van der Waals surface area contributed by atoms with Crippen LogP contribution in [0, 0.1) is 13.8 Å². The van der Waals surface area contributed by atoms with Gasteiger partial charge in [-0.2, -0.15) is 0 Å². The van der Waals surface area contributed by atoms with E-state index in [9.17, 15) is 0 Å². The number of hydrogen-bond donors (Lipinski definition) is 1. The van der Waals surface area contributed by atoms with Crippen LogP contribution >= 0.6 is 0 Å². The summed E-state index contributed by atoms with van der Waals surface area (Å²) < 4.78 is 2.42. The molecule has 2 heteroatoms.